The highest BCUT2D eigenvalue weighted by Gasteiger charge is 2.52. The van der Waals surface area contributed by atoms with Crippen LogP contribution in [0.2, 0.25) is 0 Å². The van der Waals surface area contributed by atoms with Gasteiger partial charge in [-0.15, -0.1) is 0 Å². The van der Waals surface area contributed by atoms with Crippen LogP contribution in [0.4, 0.5) is 5.69 Å². The molecule has 1 fully saturated rings. The third-order valence-corrected chi connectivity index (χ3v) is 4.60. The van der Waals surface area contributed by atoms with Crippen molar-refractivity contribution >= 4 is 24.2 Å². The van der Waals surface area contributed by atoms with E-state index in [9.17, 15) is 4.79 Å². The van der Waals surface area contributed by atoms with E-state index in [1.54, 1.807) is 12.1 Å². The lowest BCUT2D eigenvalue weighted by atomic mass is 9.74. The van der Waals surface area contributed by atoms with Crippen LogP contribution < -0.4 is 11.2 Å². The first-order valence-electron chi connectivity index (χ1n) is 8.22. The maximum absolute atomic E-state index is 12.5. The molecule has 1 aliphatic heterocycles. The van der Waals surface area contributed by atoms with Gasteiger partial charge in [0, 0.05) is 5.69 Å². The fourth-order valence-corrected chi connectivity index (χ4v) is 2.52. The topological polar surface area (TPSA) is 70.8 Å². The SMILES string of the molecule is Cc1c(B2OC(C)(C)C(C)(C)O2)cc(N)cc1C(=O)OC(C)(C)C. The van der Waals surface area contributed by atoms with E-state index in [4.69, 9.17) is 19.8 Å². The molecule has 1 aromatic rings. The molecule has 0 amide bonds. The van der Waals surface area contributed by atoms with Crippen LogP contribution in [0.1, 0.15) is 64.4 Å². The van der Waals surface area contributed by atoms with E-state index in [2.05, 4.69) is 0 Å². The lowest BCUT2D eigenvalue weighted by molar-refractivity contribution is 0.00578. The summed E-state index contributed by atoms with van der Waals surface area (Å²) in [6, 6.07) is 3.43. The predicted molar refractivity (Wildman–Crippen MR) is 96.5 cm³/mol. The highest BCUT2D eigenvalue weighted by Crippen LogP contribution is 2.37. The Balaban J connectivity index is 2.42. The van der Waals surface area contributed by atoms with Crippen LogP contribution >= 0.6 is 0 Å². The number of anilines is 1. The third kappa shape index (κ3) is 3.60. The summed E-state index contributed by atoms with van der Waals surface area (Å²) in [5.74, 6) is -0.398. The van der Waals surface area contributed by atoms with Crippen LogP contribution in [-0.4, -0.2) is 29.9 Å². The van der Waals surface area contributed by atoms with Crippen LogP contribution in [0.15, 0.2) is 12.1 Å². The van der Waals surface area contributed by atoms with Crippen LogP contribution in [0.5, 0.6) is 0 Å². The summed E-state index contributed by atoms with van der Waals surface area (Å²) >= 11 is 0. The minimum Gasteiger partial charge on any atom is -0.456 e. The lowest BCUT2D eigenvalue weighted by Gasteiger charge is -2.32. The Bertz CT molecular complexity index is 646. The van der Waals surface area contributed by atoms with Gasteiger partial charge in [0.25, 0.3) is 0 Å². The van der Waals surface area contributed by atoms with Crippen molar-refractivity contribution in [1.29, 1.82) is 0 Å². The molecule has 2 rings (SSSR count). The van der Waals surface area contributed by atoms with Gasteiger partial charge in [0.1, 0.15) is 5.60 Å². The zero-order valence-corrected chi connectivity index (χ0v) is 15.9. The molecule has 1 aliphatic rings. The summed E-state index contributed by atoms with van der Waals surface area (Å²) in [4.78, 5) is 12.5. The third-order valence-electron chi connectivity index (χ3n) is 4.60. The Kier molecular flexibility index (Phi) is 4.53. The van der Waals surface area contributed by atoms with Crippen molar-refractivity contribution in [2.45, 2.75) is 72.2 Å². The van der Waals surface area contributed by atoms with Crippen molar-refractivity contribution in [1.82, 2.24) is 0 Å². The summed E-state index contributed by atoms with van der Waals surface area (Å²) in [5.41, 5.74) is 6.97. The molecule has 0 aliphatic carbocycles. The average molecular weight is 333 g/mol. The van der Waals surface area contributed by atoms with Crippen molar-refractivity contribution in [2.75, 3.05) is 5.73 Å². The first kappa shape index (κ1) is 18.8. The molecule has 0 unspecified atom stereocenters. The second-order valence-corrected chi connectivity index (χ2v) is 8.37. The number of carbonyl (C=O) groups is 1. The van der Waals surface area contributed by atoms with Crippen molar-refractivity contribution in [3.05, 3.63) is 23.3 Å². The molecule has 5 nitrogen and oxygen atoms in total. The van der Waals surface area contributed by atoms with E-state index < -0.39 is 29.9 Å². The second-order valence-electron chi connectivity index (χ2n) is 8.37. The van der Waals surface area contributed by atoms with E-state index in [1.165, 1.54) is 0 Å². The van der Waals surface area contributed by atoms with E-state index in [0.29, 0.717) is 11.3 Å². The van der Waals surface area contributed by atoms with Crippen LogP contribution in [0.3, 0.4) is 0 Å². The maximum atomic E-state index is 12.5. The number of hydrogen-bond donors (Lipinski definition) is 1. The molecule has 0 bridgehead atoms. The first-order valence-corrected chi connectivity index (χ1v) is 8.22. The summed E-state index contributed by atoms with van der Waals surface area (Å²) in [5, 5.41) is 0. The fourth-order valence-electron chi connectivity index (χ4n) is 2.52. The molecule has 0 spiro atoms. The number of esters is 1. The van der Waals surface area contributed by atoms with E-state index in [0.717, 1.165) is 11.0 Å². The summed E-state index contributed by atoms with van der Waals surface area (Å²) in [7, 11) is -0.570. The van der Waals surface area contributed by atoms with Crippen molar-refractivity contribution in [2.24, 2.45) is 0 Å². The first-order chi connectivity index (χ1) is 10.7. The molecule has 1 saturated heterocycles. The average Bonchev–Trinajstić information content (AvgIpc) is 2.58. The normalized spacial score (nSPS) is 19.4. The number of benzene rings is 1. The molecule has 6 heteroatoms. The van der Waals surface area contributed by atoms with Crippen molar-refractivity contribution < 1.29 is 18.8 Å². The number of rotatable bonds is 2. The molecular weight excluding hydrogens is 305 g/mol. The van der Waals surface area contributed by atoms with Crippen molar-refractivity contribution in [3.8, 4) is 0 Å². The Labute approximate surface area is 145 Å². The smallest absolute Gasteiger partial charge is 0.456 e. The zero-order valence-electron chi connectivity index (χ0n) is 15.9. The molecule has 0 radical (unpaired) electrons. The van der Waals surface area contributed by atoms with E-state index in [1.807, 2.05) is 55.4 Å². The fraction of sp³-hybridized carbons (Fsp3) is 0.611. The number of carbonyl (C=O) groups excluding carboxylic acids is 1. The molecule has 1 aromatic carbocycles. The quantitative estimate of drug-likeness (QED) is 0.512. The van der Waals surface area contributed by atoms with Crippen LogP contribution in [0, 0.1) is 6.92 Å². The van der Waals surface area contributed by atoms with E-state index in [-0.39, 0.29) is 0 Å². The molecule has 24 heavy (non-hydrogen) atoms. The number of hydrogen-bond acceptors (Lipinski definition) is 5. The minimum atomic E-state index is -0.571. The molecule has 0 aromatic heterocycles. The Morgan fingerprint density at radius 1 is 1.12 bits per heavy atom. The standard InChI is InChI=1S/C18H28BNO4/c1-11-13(15(21)22-16(2,3)4)9-12(20)10-14(11)19-23-17(5,6)18(7,8)24-19/h9-10H,20H2,1-8H3. The zero-order chi connectivity index (χ0) is 18.5. The highest BCUT2D eigenvalue weighted by molar-refractivity contribution is 6.63. The van der Waals surface area contributed by atoms with Gasteiger partial charge in [0.05, 0.1) is 16.8 Å². The van der Waals surface area contributed by atoms with Gasteiger partial charge >= 0.3 is 13.1 Å². The number of ether oxygens (including phenoxy) is 1. The minimum absolute atomic E-state index is 0.398. The van der Waals surface area contributed by atoms with E-state index >= 15 is 0 Å². The summed E-state index contributed by atoms with van der Waals surface area (Å²) in [6.45, 7) is 15.3. The Morgan fingerprint density at radius 3 is 2.08 bits per heavy atom. The van der Waals surface area contributed by atoms with Gasteiger partial charge in [0.2, 0.25) is 0 Å². The van der Waals surface area contributed by atoms with Gasteiger partial charge in [-0.2, -0.15) is 0 Å². The van der Waals surface area contributed by atoms with Gasteiger partial charge in [-0.25, -0.2) is 4.79 Å². The molecular formula is C18H28BNO4. The monoisotopic (exact) mass is 333 g/mol. The summed E-state index contributed by atoms with van der Waals surface area (Å²) in [6.07, 6.45) is 0. The largest absolute Gasteiger partial charge is 0.495 e. The van der Waals surface area contributed by atoms with Gasteiger partial charge in [-0.3, -0.25) is 0 Å². The molecule has 0 saturated carbocycles. The highest BCUT2D eigenvalue weighted by atomic mass is 16.7. The van der Waals surface area contributed by atoms with Gasteiger partial charge in [0.15, 0.2) is 0 Å². The Hall–Kier alpha value is -1.53. The van der Waals surface area contributed by atoms with Gasteiger partial charge in [-0.05, 0) is 78.5 Å². The molecule has 132 valence electrons. The second kappa shape index (κ2) is 5.78. The number of nitrogen functional groups attached to an aromatic ring is 1. The van der Waals surface area contributed by atoms with Crippen LogP contribution in [0.25, 0.3) is 0 Å². The van der Waals surface area contributed by atoms with Gasteiger partial charge in [-0.1, -0.05) is 0 Å². The lowest BCUT2D eigenvalue weighted by Crippen LogP contribution is -2.41. The number of nitrogens with two attached hydrogens (primary N) is 1. The van der Waals surface area contributed by atoms with Crippen molar-refractivity contribution in [3.63, 3.8) is 0 Å². The maximum Gasteiger partial charge on any atom is 0.495 e. The van der Waals surface area contributed by atoms with Gasteiger partial charge < -0.3 is 19.8 Å². The Morgan fingerprint density at radius 2 is 1.62 bits per heavy atom. The summed E-state index contributed by atoms with van der Waals surface area (Å²) < 4.78 is 17.7. The van der Waals surface area contributed by atoms with Crippen LogP contribution in [-0.2, 0) is 14.0 Å². The molecule has 2 N–H and O–H groups in total. The molecule has 1 heterocycles. The molecule has 0 atom stereocenters. The predicted octanol–water partition coefficient (Wildman–Crippen LogP) is 2.83.